The number of fused-ring (bicyclic) bond motifs is 1. The van der Waals surface area contributed by atoms with E-state index in [1.807, 2.05) is 29.9 Å². The highest BCUT2D eigenvalue weighted by Gasteiger charge is 2.10. The van der Waals surface area contributed by atoms with Crippen LogP contribution in [0.2, 0.25) is 0 Å². The molecule has 0 saturated carbocycles. The van der Waals surface area contributed by atoms with Crippen LogP contribution in [-0.2, 0) is 16.1 Å². The van der Waals surface area contributed by atoms with Gasteiger partial charge < -0.3 is 4.74 Å². The van der Waals surface area contributed by atoms with Crippen molar-refractivity contribution in [1.29, 1.82) is 0 Å². The molecular weight excluding hydrogens is 312 g/mol. The summed E-state index contributed by atoms with van der Waals surface area (Å²) in [4.78, 5) is 12.9. The van der Waals surface area contributed by atoms with Crippen LogP contribution < -0.4 is 0 Å². The quantitative estimate of drug-likeness (QED) is 0.470. The molecule has 0 heterocycles. The van der Waals surface area contributed by atoms with Crippen LogP contribution >= 0.6 is 21.6 Å². The van der Waals surface area contributed by atoms with Crippen LogP contribution in [0.25, 0.3) is 10.8 Å². The molecule has 0 N–H and O–H groups in total. The lowest BCUT2D eigenvalue weighted by atomic mass is 10.1. The van der Waals surface area contributed by atoms with E-state index in [1.165, 1.54) is 15.7 Å². The van der Waals surface area contributed by atoms with E-state index in [4.69, 9.17) is 4.74 Å². The molecule has 2 rings (SSSR count). The summed E-state index contributed by atoms with van der Waals surface area (Å²) in [7, 11) is 3.64. The van der Waals surface area contributed by atoms with Gasteiger partial charge in [-0.2, -0.15) is 0 Å². The van der Waals surface area contributed by atoms with E-state index in [1.54, 1.807) is 10.8 Å². The predicted octanol–water partition coefficient (Wildman–Crippen LogP) is 5.83. The van der Waals surface area contributed by atoms with Crippen molar-refractivity contribution in [2.24, 2.45) is 0 Å². The van der Waals surface area contributed by atoms with Gasteiger partial charge in [-0.15, -0.1) is 0 Å². The molecule has 22 heavy (non-hydrogen) atoms. The van der Waals surface area contributed by atoms with E-state index in [2.05, 4.69) is 38.1 Å². The predicted molar refractivity (Wildman–Crippen MR) is 97.2 cm³/mol. The summed E-state index contributed by atoms with van der Waals surface area (Å²) < 4.78 is 5.40. The number of hydrogen-bond donors (Lipinski definition) is 0. The number of esters is 1. The minimum Gasteiger partial charge on any atom is -0.461 e. The number of rotatable bonds is 7. The Bertz CT molecular complexity index is 633. The Hall–Kier alpha value is -1.13. The maximum Gasteiger partial charge on any atom is 0.306 e. The molecule has 0 aliphatic heterocycles. The van der Waals surface area contributed by atoms with Crippen LogP contribution in [0.3, 0.4) is 0 Å². The minimum absolute atomic E-state index is 0.124. The molecule has 0 atom stereocenters. The van der Waals surface area contributed by atoms with E-state index in [9.17, 15) is 4.79 Å². The standard InChI is InChI=1S/C18H22O2S2/c1-4-7-17(19)20-12-15-10-5-8-14-9-6-11-16(18(14)15)22-21-13(2)3/h5-6,8-11,13H,4,7,12H2,1-3H3. The number of carbonyl (C=O) groups excluding carboxylic acids is 1. The van der Waals surface area contributed by atoms with Gasteiger partial charge in [0.05, 0.1) is 0 Å². The van der Waals surface area contributed by atoms with Gasteiger partial charge in [0.2, 0.25) is 0 Å². The van der Waals surface area contributed by atoms with Crippen LogP contribution in [0.4, 0.5) is 0 Å². The van der Waals surface area contributed by atoms with Crippen molar-refractivity contribution in [3.8, 4) is 0 Å². The molecule has 0 bridgehead atoms. The summed E-state index contributed by atoms with van der Waals surface area (Å²) in [5.41, 5.74) is 1.08. The lowest BCUT2D eigenvalue weighted by Gasteiger charge is -2.12. The second-order valence-corrected chi connectivity index (χ2v) is 8.23. The third kappa shape index (κ3) is 4.68. The van der Waals surface area contributed by atoms with E-state index < -0.39 is 0 Å². The Balaban J connectivity index is 2.27. The summed E-state index contributed by atoms with van der Waals surface area (Å²) >= 11 is 0. The SMILES string of the molecule is CCCC(=O)OCc1cccc2cccc(SSC(C)C)c12. The van der Waals surface area contributed by atoms with E-state index in [-0.39, 0.29) is 5.97 Å². The molecule has 0 aliphatic carbocycles. The van der Waals surface area contributed by atoms with Crippen LogP contribution in [0, 0.1) is 0 Å². The Morgan fingerprint density at radius 2 is 1.91 bits per heavy atom. The van der Waals surface area contributed by atoms with Crippen molar-refractivity contribution in [3.05, 3.63) is 42.0 Å². The molecule has 0 aromatic heterocycles. The van der Waals surface area contributed by atoms with Gasteiger partial charge in [0.1, 0.15) is 6.61 Å². The lowest BCUT2D eigenvalue weighted by Crippen LogP contribution is -2.04. The molecule has 0 aliphatic rings. The van der Waals surface area contributed by atoms with E-state index in [0.717, 1.165) is 12.0 Å². The molecule has 0 amide bonds. The largest absolute Gasteiger partial charge is 0.461 e. The first-order chi connectivity index (χ1) is 10.6. The molecule has 0 unspecified atom stereocenters. The van der Waals surface area contributed by atoms with Crippen molar-refractivity contribution in [1.82, 2.24) is 0 Å². The molecule has 0 saturated heterocycles. The molecule has 0 spiro atoms. The Kier molecular flexibility index (Phi) is 6.65. The Morgan fingerprint density at radius 3 is 2.59 bits per heavy atom. The van der Waals surface area contributed by atoms with Crippen LogP contribution in [0.15, 0.2) is 41.3 Å². The molecule has 2 nitrogen and oxygen atoms in total. The van der Waals surface area contributed by atoms with Crippen molar-refractivity contribution in [2.45, 2.75) is 50.4 Å². The number of benzene rings is 2. The highest BCUT2D eigenvalue weighted by molar-refractivity contribution is 8.77. The fourth-order valence-corrected chi connectivity index (χ4v) is 4.22. The Morgan fingerprint density at radius 1 is 1.18 bits per heavy atom. The van der Waals surface area contributed by atoms with Crippen molar-refractivity contribution in [3.63, 3.8) is 0 Å². The second kappa shape index (κ2) is 8.49. The number of ether oxygens (including phenoxy) is 1. The highest BCUT2D eigenvalue weighted by Crippen LogP contribution is 2.39. The third-order valence-electron chi connectivity index (χ3n) is 3.13. The first-order valence-electron chi connectivity index (χ1n) is 7.61. The smallest absolute Gasteiger partial charge is 0.306 e. The molecule has 2 aromatic rings. The molecule has 0 radical (unpaired) electrons. The first kappa shape index (κ1) is 17.2. The zero-order valence-corrected chi connectivity index (χ0v) is 14.9. The second-order valence-electron chi connectivity index (χ2n) is 5.41. The summed E-state index contributed by atoms with van der Waals surface area (Å²) in [5.74, 6) is -0.124. The third-order valence-corrected chi connectivity index (χ3v) is 6.11. The van der Waals surface area contributed by atoms with Crippen molar-refractivity contribution >= 4 is 38.3 Å². The van der Waals surface area contributed by atoms with Crippen LogP contribution in [0.5, 0.6) is 0 Å². The van der Waals surface area contributed by atoms with Crippen molar-refractivity contribution in [2.75, 3.05) is 0 Å². The zero-order chi connectivity index (χ0) is 15.9. The number of hydrogen-bond acceptors (Lipinski definition) is 4. The molecule has 0 fully saturated rings. The fraction of sp³-hybridized carbons (Fsp3) is 0.389. The highest BCUT2D eigenvalue weighted by atomic mass is 33.1. The zero-order valence-electron chi connectivity index (χ0n) is 13.3. The molecular formula is C18H22O2S2. The Labute approximate surface area is 140 Å². The maximum atomic E-state index is 11.6. The lowest BCUT2D eigenvalue weighted by molar-refractivity contribution is -0.144. The van der Waals surface area contributed by atoms with Crippen LogP contribution in [0.1, 0.15) is 39.2 Å². The van der Waals surface area contributed by atoms with Gasteiger partial charge in [-0.1, -0.05) is 72.7 Å². The van der Waals surface area contributed by atoms with Gasteiger partial charge >= 0.3 is 5.97 Å². The maximum absolute atomic E-state index is 11.6. The fourth-order valence-electron chi connectivity index (χ4n) is 2.15. The van der Waals surface area contributed by atoms with Gasteiger partial charge in [-0.05, 0) is 23.4 Å². The first-order valence-corrected chi connectivity index (χ1v) is 9.82. The summed E-state index contributed by atoms with van der Waals surface area (Å²) in [6.45, 7) is 6.71. The van der Waals surface area contributed by atoms with Crippen molar-refractivity contribution < 1.29 is 9.53 Å². The van der Waals surface area contributed by atoms with Gasteiger partial charge in [0, 0.05) is 22.0 Å². The van der Waals surface area contributed by atoms with Gasteiger partial charge in [-0.3, -0.25) is 4.79 Å². The van der Waals surface area contributed by atoms with Gasteiger partial charge in [0.25, 0.3) is 0 Å². The summed E-state index contributed by atoms with van der Waals surface area (Å²) in [6, 6.07) is 12.5. The molecule has 4 heteroatoms. The molecule has 2 aromatic carbocycles. The topological polar surface area (TPSA) is 26.3 Å². The van der Waals surface area contributed by atoms with E-state index in [0.29, 0.717) is 18.3 Å². The average molecular weight is 335 g/mol. The minimum atomic E-state index is -0.124. The van der Waals surface area contributed by atoms with E-state index >= 15 is 0 Å². The summed E-state index contributed by atoms with van der Waals surface area (Å²) in [5, 5.41) is 2.96. The van der Waals surface area contributed by atoms with Crippen LogP contribution in [-0.4, -0.2) is 11.2 Å². The van der Waals surface area contributed by atoms with Gasteiger partial charge in [-0.25, -0.2) is 0 Å². The monoisotopic (exact) mass is 334 g/mol. The number of carbonyl (C=O) groups is 1. The summed E-state index contributed by atoms with van der Waals surface area (Å²) in [6.07, 6.45) is 1.30. The normalized spacial score (nSPS) is 11.1. The average Bonchev–Trinajstić information content (AvgIpc) is 2.51. The molecule has 118 valence electrons. The van der Waals surface area contributed by atoms with Gasteiger partial charge in [0.15, 0.2) is 0 Å².